The molecule has 1 aliphatic heterocycles. The molecule has 0 aliphatic carbocycles. The Hall–Kier alpha value is -1.20. The summed E-state index contributed by atoms with van der Waals surface area (Å²) in [7, 11) is 0. The molecule has 1 N–H and O–H groups in total. The molecule has 0 saturated carbocycles. The third-order valence-corrected chi connectivity index (χ3v) is 3.66. The van der Waals surface area contributed by atoms with Crippen molar-refractivity contribution in [3.63, 3.8) is 0 Å². The number of nitrogens with one attached hydrogen (secondary N) is 1. The molecule has 21 heavy (non-hydrogen) atoms. The van der Waals surface area contributed by atoms with Gasteiger partial charge in [0.15, 0.2) is 5.82 Å². The van der Waals surface area contributed by atoms with Crippen molar-refractivity contribution in [1.29, 1.82) is 0 Å². The zero-order valence-corrected chi connectivity index (χ0v) is 13.5. The molecule has 118 valence electrons. The number of rotatable bonds is 7. The van der Waals surface area contributed by atoms with E-state index in [-0.39, 0.29) is 0 Å². The van der Waals surface area contributed by atoms with E-state index in [0.29, 0.717) is 12.1 Å². The highest BCUT2D eigenvalue weighted by Gasteiger charge is 2.21. The third kappa shape index (κ3) is 5.25. The van der Waals surface area contributed by atoms with Crippen LogP contribution in [0.2, 0.25) is 0 Å². The first kappa shape index (κ1) is 16.2. The Kier molecular flexibility index (Phi) is 6.39. The quantitative estimate of drug-likeness (QED) is 0.836. The van der Waals surface area contributed by atoms with Crippen molar-refractivity contribution >= 4 is 5.82 Å². The highest BCUT2D eigenvalue weighted by molar-refractivity contribution is 5.38. The summed E-state index contributed by atoms with van der Waals surface area (Å²) in [4.78, 5) is 2.29. The van der Waals surface area contributed by atoms with Gasteiger partial charge in [0.1, 0.15) is 0 Å². The number of hydrogen-bond donors (Lipinski definition) is 1. The van der Waals surface area contributed by atoms with Crippen LogP contribution in [-0.2, 0) is 11.3 Å². The molecule has 0 spiro atoms. The Morgan fingerprint density at radius 1 is 1.38 bits per heavy atom. The van der Waals surface area contributed by atoms with Gasteiger partial charge in [-0.3, -0.25) is 0 Å². The summed E-state index contributed by atoms with van der Waals surface area (Å²) >= 11 is 0. The van der Waals surface area contributed by atoms with Crippen LogP contribution >= 0.6 is 0 Å². The van der Waals surface area contributed by atoms with Crippen LogP contribution < -0.4 is 10.2 Å². The molecule has 2 heterocycles. The Labute approximate surface area is 128 Å². The van der Waals surface area contributed by atoms with Gasteiger partial charge in [-0.25, -0.2) is 0 Å². The molecule has 5 heteroatoms. The van der Waals surface area contributed by atoms with E-state index in [1.807, 2.05) is 0 Å². The fourth-order valence-electron chi connectivity index (χ4n) is 2.49. The Balaban J connectivity index is 1.88. The molecule has 0 radical (unpaired) electrons. The van der Waals surface area contributed by atoms with Gasteiger partial charge in [-0.15, -0.1) is 5.10 Å². The summed E-state index contributed by atoms with van der Waals surface area (Å²) in [6.45, 7) is 10.0. The van der Waals surface area contributed by atoms with Crippen LogP contribution in [0.4, 0.5) is 5.82 Å². The number of piperidine rings is 1. The number of nitrogens with zero attached hydrogens (tertiary/aromatic N) is 3. The summed E-state index contributed by atoms with van der Waals surface area (Å²) in [5.41, 5.74) is 0.989. The summed E-state index contributed by atoms with van der Waals surface area (Å²) < 4.78 is 5.87. The van der Waals surface area contributed by atoms with Gasteiger partial charge in [-0.05, 0) is 31.4 Å². The molecular weight excluding hydrogens is 264 g/mol. The molecule has 0 amide bonds. The standard InChI is InChI=1S/C16H28N4O/c1-4-10-21-15-6-5-9-20(12-15)16-8-7-14(18-19-16)11-17-13(2)3/h7-8,13,15,17H,4-6,9-12H2,1-3H3. The highest BCUT2D eigenvalue weighted by atomic mass is 16.5. The number of aromatic nitrogens is 2. The van der Waals surface area contributed by atoms with Crippen LogP contribution in [0, 0.1) is 0 Å². The fraction of sp³-hybridized carbons (Fsp3) is 0.750. The van der Waals surface area contributed by atoms with Gasteiger partial charge < -0.3 is 15.0 Å². The molecule has 5 nitrogen and oxygen atoms in total. The highest BCUT2D eigenvalue weighted by Crippen LogP contribution is 2.19. The zero-order valence-electron chi connectivity index (χ0n) is 13.5. The monoisotopic (exact) mass is 292 g/mol. The molecule has 1 fully saturated rings. The second-order valence-electron chi connectivity index (χ2n) is 6.00. The minimum absolute atomic E-state index is 0.336. The van der Waals surface area contributed by atoms with Crippen LogP contribution in [0.1, 0.15) is 45.7 Å². The largest absolute Gasteiger partial charge is 0.376 e. The van der Waals surface area contributed by atoms with Crippen molar-refractivity contribution in [3.8, 4) is 0 Å². The molecule has 0 aromatic carbocycles. The van der Waals surface area contributed by atoms with E-state index in [1.165, 1.54) is 0 Å². The maximum Gasteiger partial charge on any atom is 0.151 e. The second-order valence-corrected chi connectivity index (χ2v) is 6.00. The van der Waals surface area contributed by atoms with Crippen LogP contribution in [0.5, 0.6) is 0 Å². The topological polar surface area (TPSA) is 50.3 Å². The molecule has 1 aromatic heterocycles. The predicted molar refractivity (Wildman–Crippen MR) is 85.5 cm³/mol. The summed E-state index contributed by atoms with van der Waals surface area (Å²) in [6.07, 6.45) is 3.73. The van der Waals surface area contributed by atoms with Gasteiger partial charge in [0.25, 0.3) is 0 Å². The van der Waals surface area contributed by atoms with Crippen LogP contribution in [-0.4, -0.2) is 42.0 Å². The van der Waals surface area contributed by atoms with E-state index >= 15 is 0 Å². The van der Waals surface area contributed by atoms with Crippen molar-refractivity contribution in [3.05, 3.63) is 17.8 Å². The lowest BCUT2D eigenvalue weighted by molar-refractivity contribution is 0.0439. The first-order chi connectivity index (χ1) is 10.2. The van der Waals surface area contributed by atoms with Gasteiger partial charge in [0.05, 0.1) is 11.8 Å². The molecule has 1 aliphatic rings. The Morgan fingerprint density at radius 3 is 2.90 bits per heavy atom. The maximum atomic E-state index is 5.87. The van der Waals surface area contributed by atoms with Gasteiger partial charge in [-0.1, -0.05) is 20.8 Å². The normalized spacial score (nSPS) is 19.2. The molecule has 1 unspecified atom stereocenters. The third-order valence-electron chi connectivity index (χ3n) is 3.66. The summed E-state index contributed by atoms with van der Waals surface area (Å²) in [5, 5.41) is 12.0. The van der Waals surface area contributed by atoms with Gasteiger partial charge >= 0.3 is 0 Å². The molecule has 1 atom stereocenters. The minimum Gasteiger partial charge on any atom is -0.376 e. The van der Waals surface area contributed by atoms with E-state index in [2.05, 4.69) is 53.3 Å². The smallest absolute Gasteiger partial charge is 0.151 e. The number of anilines is 1. The lowest BCUT2D eigenvalue weighted by atomic mass is 10.1. The van der Waals surface area contributed by atoms with Crippen LogP contribution in [0.15, 0.2) is 12.1 Å². The first-order valence-electron chi connectivity index (χ1n) is 8.11. The van der Waals surface area contributed by atoms with Gasteiger partial charge in [0.2, 0.25) is 0 Å². The Bertz CT molecular complexity index is 407. The van der Waals surface area contributed by atoms with Crippen molar-refractivity contribution < 1.29 is 4.74 Å². The molecular formula is C16H28N4O. The minimum atomic E-state index is 0.336. The van der Waals surface area contributed by atoms with E-state index in [0.717, 1.165) is 57.0 Å². The van der Waals surface area contributed by atoms with Crippen LogP contribution in [0.25, 0.3) is 0 Å². The van der Waals surface area contributed by atoms with E-state index in [4.69, 9.17) is 4.74 Å². The van der Waals surface area contributed by atoms with Crippen molar-refractivity contribution in [2.24, 2.45) is 0 Å². The van der Waals surface area contributed by atoms with Gasteiger partial charge in [0, 0.05) is 32.3 Å². The molecule has 1 aromatic rings. The number of ether oxygens (including phenoxy) is 1. The zero-order chi connectivity index (χ0) is 15.1. The predicted octanol–water partition coefficient (Wildman–Crippen LogP) is 2.37. The van der Waals surface area contributed by atoms with E-state index in [9.17, 15) is 0 Å². The van der Waals surface area contributed by atoms with Crippen molar-refractivity contribution in [2.75, 3.05) is 24.6 Å². The SMILES string of the molecule is CCCOC1CCCN(c2ccc(CNC(C)C)nn2)C1. The molecule has 0 bridgehead atoms. The van der Waals surface area contributed by atoms with Gasteiger partial charge in [-0.2, -0.15) is 5.10 Å². The molecule has 1 saturated heterocycles. The first-order valence-corrected chi connectivity index (χ1v) is 8.11. The van der Waals surface area contributed by atoms with E-state index < -0.39 is 0 Å². The lowest BCUT2D eigenvalue weighted by Gasteiger charge is -2.33. The van der Waals surface area contributed by atoms with Crippen LogP contribution in [0.3, 0.4) is 0 Å². The van der Waals surface area contributed by atoms with E-state index in [1.54, 1.807) is 0 Å². The lowest BCUT2D eigenvalue weighted by Crippen LogP contribution is -2.40. The molecule has 2 rings (SSSR count). The average Bonchev–Trinajstić information content (AvgIpc) is 2.51. The number of hydrogen-bond acceptors (Lipinski definition) is 5. The summed E-state index contributed by atoms with van der Waals surface area (Å²) in [5.74, 6) is 0.966. The summed E-state index contributed by atoms with van der Waals surface area (Å²) in [6, 6.07) is 4.60. The average molecular weight is 292 g/mol. The second kappa shape index (κ2) is 8.29. The Morgan fingerprint density at radius 2 is 2.24 bits per heavy atom. The van der Waals surface area contributed by atoms with Crippen molar-refractivity contribution in [2.45, 2.75) is 58.7 Å². The fourth-order valence-corrected chi connectivity index (χ4v) is 2.49. The maximum absolute atomic E-state index is 5.87. The van der Waals surface area contributed by atoms with Crippen molar-refractivity contribution in [1.82, 2.24) is 15.5 Å².